The molecule has 0 bridgehead atoms. The van der Waals surface area contributed by atoms with Crippen molar-refractivity contribution >= 4 is 27.5 Å². The van der Waals surface area contributed by atoms with Gasteiger partial charge in [0.25, 0.3) is 5.91 Å². The lowest BCUT2D eigenvalue weighted by Gasteiger charge is -2.12. The second kappa shape index (κ2) is 5.69. The Morgan fingerprint density at radius 1 is 1.38 bits per heavy atom. The van der Waals surface area contributed by atoms with Crippen LogP contribution >= 0.6 is 11.3 Å². The SMILES string of the molecule is CCC(C)NC(=O)c1sc2ncccc2c1-n1cccc1. The number of pyridine rings is 1. The maximum atomic E-state index is 12.6. The van der Waals surface area contributed by atoms with Gasteiger partial charge < -0.3 is 9.88 Å². The fraction of sp³-hybridized carbons (Fsp3) is 0.250. The van der Waals surface area contributed by atoms with Gasteiger partial charge in [-0.25, -0.2) is 4.98 Å². The molecule has 3 heterocycles. The molecule has 0 aromatic carbocycles. The highest BCUT2D eigenvalue weighted by atomic mass is 32.1. The molecular formula is C16H17N3OS. The van der Waals surface area contributed by atoms with Crippen LogP contribution in [0, 0.1) is 0 Å². The molecule has 1 N–H and O–H groups in total. The van der Waals surface area contributed by atoms with Crippen molar-refractivity contribution in [1.29, 1.82) is 0 Å². The van der Waals surface area contributed by atoms with Crippen LogP contribution in [0.5, 0.6) is 0 Å². The quantitative estimate of drug-likeness (QED) is 0.800. The number of carbonyl (C=O) groups is 1. The standard InChI is InChI=1S/C16H17N3OS/c1-3-11(2)18-15(20)14-13(19-9-4-5-10-19)12-7-6-8-17-16(12)21-14/h4-11H,3H2,1-2H3,(H,18,20). The number of aromatic nitrogens is 2. The Kier molecular flexibility index (Phi) is 3.75. The van der Waals surface area contributed by atoms with Gasteiger partial charge in [-0.05, 0) is 37.6 Å². The summed E-state index contributed by atoms with van der Waals surface area (Å²) in [6, 6.07) is 7.98. The Hall–Kier alpha value is -2.14. The molecule has 0 spiro atoms. The van der Waals surface area contributed by atoms with Crippen molar-refractivity contribution in [1.82, 2.24) is 14.9 Å². The molecule has 0 fully saturated rings. The number of carbonyl (C=O) groups excluding carboxylic acids is 1. The average Bonchev–Trinajstić information content (AvgIpc) is 3.13. The van der Waals surface area contributed by atoms with Crippen molar-refractivity contribution in [2.24, 2.45) is 0 Å². The monoisotopic (exact) mass is 299 g/mol. The molecule has 3 aromatic heterocycles. The third-order valence-electron chi connectivity index (χ3n) is 3.50. The molecule has 3 rings (SSSR count). The van der Waals surface area contributed by atoms with Crippen LogP contribution in [0.2, 0.25) is 0 Å². The number of thiophene rings is 1. The van der Waals surface area contributed by atoms with Crippen LogP contribution in [-0.2, 0) is 0 Å². The zero-order valence-corrected chi connectivity index (χ0v) is 12.9. The summed E-state index contributed by atoms with van der Waals surface area (Å²) in [6.45, 7) is 4.07. The van der Waals surface area contributed by atoms with Crippen molar-refractivity contribution in [3.8, 4) is 5.69 Å². The fourth-order valence-corrected chi connectivity index (χ4v) is 3.25. The zero-order valence-electron chi connectivity index (χ0n) is 12.0. The first-order chi connectivity index (χ1) is 10.2. The third-order valence-corrected chi connectivity index (χ3v) is 4.60. The van der Waals surface area contributed by atoms with Crippen molar-refractivity contribution in [3.63, 3.8) is 0 Å². The molecular weight excluding hydrogens is 282 g/mol. The first-order valence-corrected chi connectivity index (χ1v) is 7.84. The summed E-state index contributed by atoms with van der Waals surface area (Å²) in [7, 11) is 0. The Bertz CT molecular complexity index is 761. The van der Waals surface area contributed by atoms with Gasteiger partial charge in [-0.15, -0.1) is 11.3 Å². The summed E-state index contributed by atoms with van der Waals surface area (Å²) in [5.41, 5.74) is 0.911. The van der Waals surface area contributed by atoms with E-state index < -0.39 is 0 Å². The van der Waals surface area contributed by atoms with E-state index in [1.54, 1.807) is 6.20 Å². The molecule has 0 saturated heterocycles. The average molecular weight is 299 g/mol. The van der Waals surface area contributed by atoms with Gasteiger partial charge in [0.05, 0.1) is 5.69 Å². The molecule has 1 amide bonds. The molecule has 108 valence electrons. The summed E-state index contributed by atoms with van der Waals surface area (Å²) >= 11 is 1.44. The molecule has 5 heteroatoms. The van der Waals surface area contributed by atoms with E-state index in [2.05, 4.69) is 17.2 Å². The van der Waals surface area contributed by atoms with E-state index in [0.717, 1.165) is 22.3 Å². The van der Waals surface area contributed by atoms with Crippen LogP contribution in [0.3, 0.4) is 0 Å². The molecule has 0 aliphatic carbocycles. The molecule has 1 atom stereocenters. The molecule has 0 saturated carbocycles. The highest BCUT2D eigenvalue weighted by Gasteiger charge is 2.20. The minimum Gasteiger partial charge on any atom is -0.349 e. The molecule has 3 aromatic rings. The third kappa shape index (κ3) is 2.56. The van der Waals surface area contributed by atoms with Crippen LogP contribution in [0.25, 0.3) is 15.9 Å². The van der Waals surface area contributed by atoms with Crippen molar-refractivity contribution in [3.05, 3.63) is 47.7 Å². The summed E-state index contributed by atoms with van der Waals surface area (Å²) in [6.07, 6.45) is 6.57. The van der Waals surface area contributed by atoms with Crippen molar-refractivity contribution in [2.45, 2.75) is 26.3 Å². The Morgan fingerprint density at radius 2 is 2.14 bits per heavy atom. The largest absolute Gasteiger partial charge is 0.349 e. The minimum atomic E-state index is -0.0314. The van der Waals surface area contributed by atoms with Crippen LogP contribution in [0.1, 0.15) is 29.9 Å². The maximum absolute atomic E-state index is 12.6. The minimum absolute atomic E-state index is 0.0314. The molecule has 0 aliphatic heterocycles. The predicted molar refractivity (Wildman–Crippen MR) is 86.2 cm³/mol. The van der Waals surface area contributed by atoms with Crippen LogP contribution in [0.15, 0.2) is 42.9 Å². The summed E-state index contributed by atoms with van der Waals surface area (Å²) in [5, 5.41) is 4.05. The summed E-state index contributed by atoms with van der Waals surface area (Å²) in [4.78, 5) is 18.5. The predicted octanol–water partition coefficient (Wildman–Crippen LogP) is 3.62. The van der Waals surface area contributed by atoms with Crippen molar-refractivity contribution < 1.29 is 4.79 Å². The lowest BCUT2D eigenvalue weighted by molar-refractivity contribution is 0.0943. The van der Waals surface area contributed by atoms with Crippen molar-refractivity contribution in [2.75, 3.05) is 0 Å². The van der Waals surface area contributed by atoms with Gasteiger partial charge in [0.15, 0.2) is 0 Å². The normalized spacial score (nSPS) is 12.5. The van der Waals surface area contributed by atoms with Gasteiger partial charge in [0.1, 0.15) is 9.71 Å². The molecule has 0 aliphatic rings. The van der Waals surface area contributed by atoms with E-state index in [4.69, 9.17) is 0 Å². The number of rotatable bonds is 4. The Morgan fingerprint density at radius 3 is 2.86 bits per heavy atom. The van der Waals surface area contributed by atoms with Crippen LogP contribution in [0.4, 0.5) is 0 Å². The zero-order chi connectivity index (χ0) is 14.8. The lowest BCUT2D eigenvalue weighted by atomic mass is 10.2. The molecule has 1 unspecified atom stereocenters. The number of fused-ring (bicyclic) bond motifs is 1. The van der Waals surface area contributed by atoms with E-state index in [9.17, 15) is 4.79 Å². The lowest BCUT2D eigenvalue weighted by Crippen LogP contribution is -2.31. The second-order valence-corrected chi connectivity index (χ2v) is 6.01. The van der Waals surface area contributed by atoms with E-state index in [0.29, 0.717) is 4.88 Å². The summed E-state index contributed by atoms with van der Waals surface area (Å²) < 4.78 is 1.98. The van der Waals surface area contributed by atoms with Gasteiger partial charge in [0.2, 0.25) is 0 Å². The smallest absolute Gasteiger partial charge is 0.263 e. The van der Waals surface area contributed by atoms with Gasteiger partial charge in [-0.2, -0.15) is 0 Å². The van der Waals surface area contributed by atoms with Gasteiger partial charge in [-0.3, -0.25) is 4.79 Å². The van der Waals surface area contributed by atoms with E-state index in [1.807, 2.05) is 48.1 Å². The van der Waals surface area contributed by atoms with Gasteiger partial charge >= 0.3 is 0 Å². The van der Waals surface area contributed by atoms with Crippen LogP contribution < -0.4 is 5.32 Å². The number of nitrogens with one attached hydrogen (secondary N) is 1. The number of nitrogens with zero attached hydrogens (tertiary/aromatic N) is 2. The first kappa shape index (κ1) is 13.8. The molecule has 4 nitrogen and oxygen atoms in total. The Balaban J connectivity index is 2.13. The second-order valence-electron chi connectivity index (χ2n) is 5.01. The number of amides is 1. The maximum Gasteiger partial charge on any atom is 0.263 e. The molecule has 21 heavy (non-hydrogen) atoms. The topological polar surface area (TPSA) is 46.9 Å². The van der Waals surface area contributed by atoms with Crippen LogP contribution in [-0.4, -0.2) is 21.5 Å². The number of hydrogen-bond acceptors (Lipinski definition) is 3. The highest BCUT2D eigenvalue weighted by molar-refractivity contribution is 7.21. The van der Waals surface area contributed by atoms with E-state index in [-0.39, 0.29) is 11.9 Å². The Labute approximate surface area is 127 Å². The van der Waals surface area contributed by atoms with E-state index in [1.165, 1.54) is 11.3 Å². The molecule has 0 radical (unpaired) electrons. The first-order valence-electron chi connectivity index (χ1n) is 7.02. The van der Waals surface area contributed by atoms with Gasteiger partial charge in [-0.1, -0.05) is 6.92 Å². The van der Waals surface area contributed by atoms with E-state index >= 15 is 0 Å². The number of hydrogen-bond donors (Lipinski definition) is 1. The summed E-state index contributed by atoms with van der Waals surface area (Å²) in [5.74, 6) is -0.0314. The fourth-order valence-electron chi connectivity index (χ4n) is 2.20. The highest BCUT2D eigenvalue weighted by Crippen LogP contribution is 2.33. The van der Waals surface area contributed by atoms with Gasteiger partial charge in [0, 0.05) is 30.0 Å².